The van der Waals surface area contributed by atoms with Crippen molar-refractivity contribution in [2.75, 3.05) is 37.2 Å². The molecule has 0 bridgehead atoms. The molecule has 0 unspecified atom stereocenters. The topological polar surface area (TPSA) is 85.4 Å². The first-order valence-corrected chi connectivity index (χ1v) is 11.0. The lowest BCUT2D eigenvalue weighted by Gasteiger charge is -2.39. The first-order chi connectivity index (χ1) is 16.1. The van der Waals surface area contributed by atoms with E-state index in [1.54, 1.807) is 30.5 Å². The SMILES string of the molecule is N#C/C(=C/N1CCN(C(c2ccccc2)c2ccccc2)CC1)C(=O)Nc1ccc(N)cc1. The molecule has 4 rings (SSSR count). The summed E-state index contributed by atoms with van der Waals surface area (Å²) in [6, 6.07) is 30.1. The number of nitriles is 1. The van der Waals surface area contributed by atoms with Gasteiger partial charge in [-0.1, -0.05) is 60.7 Å². The highest BCUT2D eigenvalue weighted by Crippen LogP contribution is 2.29. The van der Waals surface area contributed by atoms with E-state index in [1.807, 2.05) is 23.1 Å². The maximum Gasteiger partial charge on any atom is 0.267 e. The Morgan fingerprint density at radius 2 is 1.42 bits per heavy atom. The number of nitrogens with zero attached hydrogens (tertiary/aromatic N) is 3. The smallest absolute Gasteiger partial charge is 0.267 e. The van der Waals surface area contributed by atoms with E-state index in [0.717, 1.165) is 26.2 Å². The summed E-state index contributed by atoms with van der Waals surface area (Å²) in [5.41, 5.74) is 9.51. The van der Waals surface area contributed by atoms with Gasteiger partial charge in [0.1, 0.15) is 11.6 Å². The molecule has 3 aromatic rings. The molecule has 1 aliphatic rings. The average molecular weight is 438 g/mol. The van der Waals surface area contributed by atoms with E-state index in [1.165, 1.54) is 11.1 Å². The molecule has 1 aliphatic heterocycles. The Bertz CT molecular complexity index is 1090. The number of benzene rings is 3. The minimum absolute atomic E-state index is 0.0861. The molecule has 3 N–H and O–H groups in total. The van der Waals surface area contributed by atoms with Crippen LogP contribution >= 0.6 is 0 Å². The molecule has 1 saturated heterocycles. The van der Waals surface area contributed by atoms with E-state index in [-0.39, 0.29) is 11.6 Å². The van der Waals surface area contributed by atoms with E-state index < -0.39 is 5.91 Å². The van der Waals surface area contributed by atoms with Gasteiger partial charge in [-0.3, -0.25) is 9.69 Å². The zero-order valence-electron chi connectivity index (χ0n) is 18.4. The van der Waals surface area contributed by atoms with Gasteiger partial charge < -0.3 is 16.0 Å². The maximum absolute atomic E-state index is 12.6. The Hall–Kier alpha value is -4.08. The number of nitrogens with one attached hydrogen (secondary N) is 1. The summed E-state index contributed by atoms with van der Waals surface area (Å²) in [6.07, 6.45) is 1.67. The Kier molecular flexibility index (Phi) is 7.03. The Morgan fingerprint density at radius 3 is 1.94 bits per heavy atom. The predicted octanol–water partition coefficient (Wildman–Crippen LogP) is 4.02. The van der Waals surface area contributed by atoms with Gasteiger partial charge in [0.2, 0.25) is 0 Å². The van der Waals surface area contributed by atoms with Gasteiger partial charge >= 0.3 is 0 Å². The Balaban J connectivity index is 1.44. The molecule has 3 aromatic carbocycles. The van der Waals surface area contributed by atoms with Crippen molar-refractivity contribution in [3.8, 4) is 6.07 Å². The molecular weight excluding hydrogens is 410 g/mol. The van der Waals surface area contributed by atoms with Crippen molar-refractivity contribution in [3.63, 3.8) is 0 Å². The van der Waals surface area contributed by atoms with Gasteiger partial charge in [-0.05, 0) is 35.4 Å². The largest absolute Gasteiger partial charge is 0.399 e. The maximum atomic E-state index is 12.6. The number of nitrogens with two attached hydrogens (primary N) is 1. The number of hydrogen-bond acceptors (Lipinski definition) is 5. The Morgan fingerprint density at radius 1 is 0.879 bits per heavy atom. The standard InChI is InChI=1S/C27H27N5O/c28-19-23(27(33)30-25-13-11-24(29)12-14-25)20-31-15-17-32(18-16-31)26(21-7-3-1-4-8-21)22-9-5-2-6-10-22/h1-14,20,26H,15-18,29H2,(H,30,33)/b23-20-. The summed E-state index contributed by atoms with van der Waals surface area (Å²) in [5.74, 6) is -0.420. The quantitative estimate of drug-likeness (QED) is 0.346. The van der Waals surface area contributed by atoms with Crippen molar-refractivity contribution in [2.24, 2.45) is 0 Å². The minimum atomic E-state index is -0.420. The van der Waals surface area contributed by atoms with Crippen LogP contribution in [0.25, 0.3) is 0 Å². The molecule has 33 heavy (non-hydrogen) atoms. The average Bonchev–Trinajstić information content (AvgIpc) is 2.86. The fraction of sp³-hybridized carbons (Fsp3) is 0.185. The van der Waals surface area contributed by atoms with Crippen LogP contribution in [0.1, 0.15) is 17.2 Å². The fourth-order valence-electron chi connectivity index (χ4n) is 4.10. The molecule has 6 nitrogen and oxygen atoms in total. The van der Waals surface area contributed by atoms with Crippen LogP contribution in [0, 0.1) is 11.3 Å². The van der Waals surface area contributed by atoms with Crippen LogP contribution < -0.4 is 11.1 Å². The van der Waals surface area contributed by atoms with Crippen molar-refractivity contribution in [3.05, 3.63) is 108 Å². The highest BCUT2D eigenvalue weighted by molar-refractivity contribution is 6.06. The summed E-state index contributed by atoms with van der Waals surface area (Å²) in [6.45, 7) is 3.11. The summed E-state index contributed by atoms with van der Waals surface area (Å²) in [5, 5.41) is 12.3. The zero-order chi connectivity index (χ0) is 23.0. The molecule has 166 valence electrons. The number of hydrogen-bond donors (Lipinski definition) is 2. The van der Waals surface area contributed by atoms with Crippen LogP contribution in [0.2, 0.25) is 0 Å². The van der Waals surface area contributed by atoms with Gasteiger partial charge in [0, 0.05) is 43.8 Å². The molecular formula is C27H27N5O. The van der Waals surface area contributed by atoms with Gasteiger partial charge in [-0.2, -0.15) is 5.26 Å². The van der Waals surface area contributed by atoms with Crippen LogP contribution in [-0.4, -0.2) is 41.9 Å². The monoisotopic (exact) mass is 437 g/mol. The van der Waals surface area contributed by atoms with Gasteiger partial charge in [0.25, 0.3) is 5.91 Å². The van der Waals surface area contributed by atoms with Crippen LogP contribution in [0.5, 0.6) is 0 Å². The van der Waals surface area contributed by atoms with Crippen LogP contribution in [0.15, 0.2) is 96.7 Å². The number of piperazine rings is 1. The van der Waals surface area contributed by atoms with Crippen LogP contribution in [0.4, 0.5) is 11.4 Å². The molecule has 1 amide bonds. The molecule has 0 saturated carbocycles. The molecule has 0 aromatic heterocycles. The first-order valence-electron chi connectivity index (χ1n) is 11.0. The summed E-state index contributed by atoms with van der Waals surface area (Å²) in [7, 11) is 0. The van der Waals surface area contributed by atoms with Crippen LogP contribution in [-0.2, 0) is 4.79 Å². The van der Waals surface area contributed by atoms with Crippen molar-refractivity contribution in [1.29, 1.82) is 5.26 Å². The lowest BCUT2D eigenvalue weighted by atomic mass is 9.96. The second kappa shape index (κ2) is 10.5. The normalized spacial score (nSPS) is 14.7. The van der Waals surface area contributed by atoms with E-state index >= 15 is 0 Å². The fourth-order valence-corrected chi connectivity index (χ4v) is 4.10. The Labute approximate surface area is 194 Å². The lowest BCUT2D eigenvalue weighted by Crippen LogP contribution is -2.46. The summed E-state index contributed by atoms with van der Waals surface area (Å²) >= 11 is 0. The van der Waals surface area contributed by atoms with E-state index in [2.05, 4.69) is 58.7 Å². The number of carbonyl (C=O) groups is 1. The molecule has 0 spiro atoms. The van der Waals surface area contributed by atoms with Crippen molar-refractivity contribution < 1.29 is 4.79 Å². The van der Waals surface area contributed by atoms with Crippen molar-refractivity contribution in [2.45, 2.75) is 6.04 Å². The lowest BCUT2D eigenvalue weighted by molar-refractivity contribution is -0.112. The van der Waals surface area contributed by atoms with Crippen molar-refractivity contribution in [1.82, 2.24) is 9.80 Å². The molecule has 0 aliphatic carbocycles. The van der Waals surface area contributed by atoms with E-state index in [9.17, 15) is 10.1 Å². The second-order valence-electron chi connectivity index (χ2n) is 8.03. The predicted molar refractivity (Wildman–Crippen MR) is 131 cm³/mol. The summed E-state index contributed by atoms with van der Waals surface area (Å²) in [4.78, 5) is 17.1. The molecule has 6 heteroatoms. The number of amides is 1. The van der Waals surface area contributed by atoms with Crippen molar-refractivity contribution >= 4 is 17.3 Å². The molecule has 0 atom stereocenters. The highest BCUT2D eigenvalue weighted by atomic mass is 16.1. The number of rotatable bonds is 6. The molecule has 1 fully saturated rings. The summed E-state index contributed by atoms with van der Waals surface area (Å²) < 4.78 is 0. The third-order valence-corrected chi connectivity index (χ3v) is 5.79. The van der Waals surface area contributed by atoms with Gasteiger partial charge in [-0.25, -0.2) is 0 Å². The van der Waals surface area contributed by atoms with E-state index in [4.69, 9.17) is 5.73 Å². The first kappa shape index (κ1) is 22.1. The highest BCUT2D eigenvalue weighted by Gasteiger charge is 2.26. The zero-order valence-corrected chi connectivity index (χ0v) is 18.4. The van der Waals surface area contributed by atoms with Crippen LogP contribution in [0.3, 0.4) is 0 Å². The number of carbonyl (C=O) groups excluding carboxylic acids is 1. The number of nitrogen functional groups attached to an aromatic ring is 1. The van der Waals surface area contributed by atoms with Gasteiger partial charge in [0.15, 0.2) is 0 Å². The number of anilines is 2. The molecule has 0 radical (unpaired) electrons. The van der Waals surface area contributed by atoms with Gasteiger partial charge in [0.05, 0.1) is 6.04 Å². The second-order valence-corrected chi connectivity index (χ2v) is 8.03. The minimum Gasteiger partial charge on any atom is -0.399 e. The van der Waals surface area contributed by atoms with E-state index in [0.29, 0.717) is 11.4 Å². The third-order valence-electron chi connectivity index (χ3n) is 5.79. The van der Waals surface area contributed by atoms with Gasteiger partial charge in [-0.15, -0.1) is 0 Å². The third kappa shape index (κ3) is 5.59. The molecule has 1 heterocycles.